The van der Waals surface area contributed by atoms with E-state index in [9.17, 15) is 0 Å². The number of ether oxygens (including phenoxy) is 1. The molecule has 0 aliphatic carbocycles. The third-order valence-corrected chi connectivity index (χ3v) is 2.74. The Kier molecular flexibility index (Phi) is 2.75. The summed E-state index contributed by atoms with van der Waals surface area (Å²) in [6.07, 6.45) is 0. The summed E-state index contributed by atoms with van der Waals surface area (Å²) in [6.45, 7) is 2.00. The predicted octanol–water partition coefficient (Wildman–Crippen LogP) is 2.63. The highest BCUT2D eigenvalue weighted by molar-refractivity contribution is 6.35. The number of benzene rings is 1. The molecule has 2 rings (SSSR count). The largest absolute Gasteiger partial charge is 0.496 e. The SMILES string of the molecule is COc1ccc(C)cc1-c1[nH]nc(N)c1Cl. The van der Waals surface area contributed by atoms with Crippen LogP contribution in [0.25, 0.3) is 11.3 Å². The number of aromatic amines is 1. The summed E-state index contributed by atoms with van der Waals surface area (Å²) in [5.41, 5.74) is 8.24. The molecular formula is C11H12ClN3O. The van der Waals surface area contributed by atoms with Gasteiger partial charge in [0, 0.05) is 5.56 Å². The van der Waals surface area contributed by atoms with Gasteiger partial charge in [-0.05, 0) is 19.1 Å². The van der Waals surface area contributed by atoms with E-state index in [0.29, 0.717) is 16.5 Å². The number of nitrogens with two attached hydrogens (primary N) is 1. The van der Waals surface area contributed by atoms with Crippen molar-refractivity contribution < 1.29 is 4.74 Å². The van der Waals surface area contributed by atoms with Crippen molar-refractivity contribution in [2.45, 2.75) is 6.92 Å². The molecule has 2 aromatic rings. The average molecular weight is 238 g/mol. The van der Waals surface area contributed by atoms with Crippen molar-refractivity contribution in [3.8, 4) is 17.0 Å². The van der Waals surface area contributed by atoms with E-state index in [1.54, 1.807) is 7.11 Å². The molecule has 0 fully saturated rings. The molecule has 0 saturated heterocycles. The Balaban J connectivity index is 2.62. The van der Waals surface area contributed by atoms with Gasteiger partial charge in [0.15, 0.2) is 5.82 Å². The molecule has 0 atom stereocenters. The molecule has 1 aromatic heterocycles. The van der Waals surface area contributed by atoms with Gasteiger partial charge in [0.05, 0.1) is 12.8 Å². The number of nitrogens with zero attached hydrogens (tertiary/aromatic N) is 1. The molecule has 0 spiro atoms. The quantitative estimate of drug-likeness (QED) is 0.844. The lowest BCUT2D eigenvalue weighted by molar-refractivity contribution is 0.416. The second-order valence-corrected chi connectivity index (χ2v) is 3.88. The lowest BCUT2D eigenvalue weighted by Gasteiger charge is -2.07. The molecule has 0 aliphatic rings. The molecule has 0 bridgehead atoms. The van der Waals surface area contributed by atoms with Gasteiger partial charge in [0.1, 0.15) is 10.8 Å². The van der Waals surface area contributed by atoms with Crippen molar-refractivity contribution >= 4 is 17.4 Å². The number of H-pyrrole nitrogens is 1. The van der Waals surface area contributed by atoms with E-state index in [0.717, 1.165) is 16.9 Å². The minimum atomic E-state index is 0.292. The van der Waals surface area contributed by atoms with Crippen molar-refractivity contribution in [3.05, 3.63) is 28.8 Å². The van der Waals surface area contributed by atoms with Gasteiger partial charge in [0.2, 0.25) is 0 Å². The Morgan fingerprint density at radius 3 is 2.75 bits per heavy atom. The number of aromatic nitrogens is 2. The fraction of sp³-hybridized carbons (Fsp3) is 0.182. The van der Waals surface area contributed by atoms with Gasteiger partial charge in [-0.2, -0.15) is 5.10 Å². The molecule has 4 nitrogen and oxygen atoms in total. The van der Waals surface area contributed by atoms with Crippen LogP contribution in [0.5, 0.6) is 5.75 Å². The summed E-state index contributed by atoms with van der Waals surface area (Å²) < 4.78 is 5.27. The van der Waals surface area contributed by atoms with Crippen LogP contribution in [0, 0.1) is 6.92 Å². The van der Waals surface area contributed by atoms with Crippen LogP contribution in [0.2, 0.25) is 5.02 Å². The third-order valence-electron chi connectivity index (χ3n) is 2.36. The number of rotatable bonds is 2. The first-order valence-corrected chi connectivity index (χ1v) is 5.15. The maximum atomic E-state index is 6.05. The Hall–Kier alpha value is -1.68. The zero-order valence-electron chi connectivity index (χ0n) is 9.04. The van der Waals surface area contributed by atoms with Crippen LogP contribution in [0.4, 0.5) is 5.82 Å². The molecule has 1 heterocycles. The van der Waals surface area contributed by atoms with Crippen LogP contribution in [0.3, 0.4) is 0 Å². The number of anilines is 1. The molecule has 0 amide bonds. The van der Waals surface area contributed by atoms with Crippen LogP contribution >= 0.6 is 11.6 Å². The minimum Gasteiger partial charge on any atom is -0.496 e. The summed E-state index contributed by atoms with van der Waals surface area (Å²) in [7, 11) is 1.61. The maximum Gasteiger partial charge on any atom is 0.164 e. The Bertz CT molecular complexity index is 522. The number of methoxy groups -OCH3 is 1. The molecule has 3 N–H and O–H groups in total. The van der Waals surface area contributed by atoms with Gasteiger partial charge < -0.3 is 10.5 Å². The first-order valence-electron chi connectivity index (χ1n) is 4.78. The lowest BCUT2D eigenvalue weighted by atomic mass is 10.1. The van der Waals surface area contributed by atoms with Crippen LogP contribution in [0.15, 0.2) is 18.2 Å². The van der Waals surface area contributed by atoms with Crippen LogP contribution in [-0.2, 0) is 0 Å². The van der Waals surface area contributed by atoms with Gasteiger partial charge >= 0.3 is 0 Å². The predicted molar refractivity (Wildman–Crippen MR) is 64.7 cm³/mol. The Morgan fingerprint density at radius 1 is 1.44 bits per heavy atom. The molecule has 16 heavy (non-hydrogen) atoms. The summed E-state index contributed by atoms with van der Waals surface area (Å²) >= 11 is 6.05. The highest BCUT2D eigenvalue weighted by Gasteiger charge is 2.14. The van der Waals surface area contributed by atoms with E-state index in [1.807, 2.05) is 25.1 Å². The van der Waals surface area contributed by atoms with Crippen LogP contribution in [-0.4, -0.2) is 17.3 Å². The maximum absolute atomic E-state index is 6.05. The van der Waals surface area contributed by atoms with Gasteiger partial charge in [-0.1, -0.05) is 23.2 Å². The first-order chi connectivity index (χ1) is 7.63. The number of nitrogens with one attached hydrogen (secondary N) is 1. The number of nitrogen functional groups attached to an aromatic ring is 1. The van der Waals surface area contributed by atoms with E-state index in [-0.39, 0.29) is 0 Å². The van der Waals surface area contributed by atoms with Gasteiger partial charge in [-0.3, -0.25) is 5.10 Å². The van der Waals surface area contributed by atoms with E-state index in [4.69, 9.17) is 22.1 Å². The fourth-order valence-corrected chi connectivity index (χ4v) is 1.72. The number of hydrogen-bond acceptors (Lipinski definition) is 3. The number of hydrogen-bond donors (Lipinski definition) is 2. The zero-order chi connectivity index (χ0) is 11.7. The molecule has 0 aliphatic heterocycles. The third kappa shape index (κ3) is 1.72. The minimum absolute atomic E-state index is 0.292. The summed E-state index contributed by atoms with van der Waals surface area (Å²) in [4.78, 5) is 0. The van der Waals surface area contributed by atoms with Crippen molar-refractivity contribution in [3.63, 3.8) is 0 Å². The van der Waals surface area contributed by atoms with Gasteiger partial charge in [-0.25, -0.2) is 0 Å². The topological polar surface area (TPSA) is 63.9 Å². The molecule has 5 heteroatoms. The molecule has 0 saturated carbocycles. The molecule has 1 aromatic carbocycles. The monoisotopic (exact) mass is 237 g/mol. The van der Waals surface area contributed by atoms with Gasteiger partial charge in [-0.15, -0.1) is 0 Å². The number of halogens is 1. The fourth-order valence-electron chi connectivity index (χ4n) is 1.54. The zero-order valence-corrected chi connectivity index (χ0v) is 9.80. The Morgan fingerprint density at radius 2 is 2.19 bits per heavy atom. The second kappa shape index (κ2) is 4.06. The first kappa shape index (κ1) is 10.8. The van der Waals surface area contributed by atoms with Crippen molar-refractivity contribution in [1.29, 1.82) is 0 Å². The van der Waals surface area contributed by atoms with Crippen LogP contribution in [0.1, 0.15) is 5.56 Å². The van der Waals surface area contributed by atoms with Crippen molar-refractivity contribution in [2.24, 2.45) is 0 Å². The van der Waals surface area contributed by atoms with E-state index in [2.05, 4.69) is 10.2 Å². The Labute approximate surface area is 98.4 Å². The van der Waals surface area contributed by atoms with E-state index >= 15 is 0 Å². The highest BCUT2D eigenvalue weighted by atomic mass is 35.5. The highest BCUT2D eigenvalue weighted by Crippen LogP contribution is 2.36. The molecule has 84 valence electrons. The molecule has 0 unspecified atom stereocenters. The summed E-state index contributed by atoms with van der Waals surface area (Å²) in [6, 6.07) is 5.83. The van der Waals surface area contributed by atoms with Gasteiger partial charge in [0.25, 0.3) is 0 Å². The number of aryl methyl sites for hydroxylation is 1. The molecule has 0 radical (unpaired) electrons. The lowest BCUT2D eigenvalue weighted by Crippen LogP contribution is -1.89. The van der Waals surface area contributed by atoms with Crippen molar-refractivity contribution in [1.82, 2.24) is 10.2 Å². The standard InChI is InChI=1S/C11H12ClN3O/c1-6-3-4-8(16-2)7(5-6)10-9(12)11(13)15-14-10/h3-5H,1-2H3,(H3,13,14,15). The summed E-state index contributed by atoms with van der Waals surface area (Å²) in [5.74, 6) is 1.02. The van der Waals surface area contributed by atoms with Crippen molar-refractivity contribution in [2.75, 3.05) is 12.8 Å². The van der Waals surface area contributed by atoms with E-state index in [1.165, 1.54) is 0 Å². The van der Waals surface area contributed by atoms with Crippen LogP contribution < -0.4 is 10.5 Å². The smallest absolute Gasteiger partial charge is 0.164 e. The molecular weight excluding hydrogens is 226 g/mol. The average Bonchev–Trinajstić information content (AvgIpc) is 2.60. The normalized spacial score (nSPS) is 10.4. The summed E-state index contributed by atoms with van der Waals surface area (Å²) in [5, 5.41) is 7.09. The second-order valence-electron chi connectivity index (χ2n) is 3.50. The van der Waals surface area contributed by atoms with E-state index < -0.39 is 0 Å².